The Morgan fingerprint density at radius 2 is 1.85 bits per heavy atom. The average molecular weight is 200 g/mol. The Morgan fingerprint density at radius 1 is 1.38 bits per heavy atom. The highest BCUT2D eigenvalue weighted by Gasteiger charge is 2.38. The second-order valence-corrected chi connectivity index (χ2v) is 2.73. The van der Waals surface area contributed by atoms with Gasteiger partial charge < -0.3 is 5.11 Å². The van der Waals surface area contributed by atoms with Gasteiger partial charge in [-0.1, -0.05) is 13.8 Å². The zero-order chi connectivity index (χ0) is 10.6. The fraction of sp³-hybridized carbons (Fsp3) is 0.833. The molecule has 1 atom stereocenters. The number of rotatable bonds is 3. The van der Waals surface area contributed by atoms with Crippen LogP contribution < -0.4 is 10.9 Å². The van der Waals surface area contributed by atoms with E-state index in [1.165, 1.54) is 19.3 Å². The molecule has 0 aliphatic rings. The van der Waals surface area contributed by atoms with Crippen LogP contribution in [0.4, 0.5) is 13.2 Å². The molecule has 3 N–H and O–H groups in total. The Labute approximate surface area is 73.1 Å². The van der Waals surface area contributed by atoms with E-state index in [4.69, 9.17) is 5.11 Å². The molecule has 0 aliphatic carbocycles. The van der Waals surface area contributed by atoms with Crippen LogP contribution in [0.25, 0.3) is 0 Å². The van der Waals surface area contributed by atoms with E-state index in [0.29, 0.717) is 0 Å². The van der Waals surface area contributed by atoms with Crippen LogP contribution in [0.5, 0.6) is 0 Å². The number of alkyl halides is 3. The summed E-state index contributed by atoms with van der Waals surface area (Å²) in [4.78, 5) is 10.7. The van der Waals surface area contributed by atoms with E-state index < -0.39 is 24.2 Å². The van der Waals surface area contributed by atoms with Gasteiger partial charge in [0.1, 0.15) is 0 Å². The van der Waals surface area contributed by atoms with Gasteiger partial charge in [-0.25, -0.2) is 0 Å². The van der Waals surface area contributed by atoms with Gasteiger partial charge in [-0.2, -0.15) is 18.6 Å². The molecule has 0 rings (SSSR count). The van der Waals surface area contributed by atoms with Crippen LogP contribution in [-0.2, 0) is 4.79 Å². The number of carbonyl (C=O) groups is 1. The largest absolute Gasteiger partial charge is 0.429 e. The molecule has 0 aromatic carbocycles. The molecule has 0 spiro atoms. The predicted octanol–water partition coefficient (Wildman–Crippen LogP) is 0.144. The maximum Gasteiger partial charge on any atom is 0.429 e. The molecule has 0 fully saturated rings. The number of nitrogens with one attached hydrogen (secondary N) is 2. The number of hydrogen-bond donors (Lipinski definition) is 3. The molecule has 0 bridgehead atoms. The standard InChI is InChI=1S/C6H11F3N2O2/c1-3(2)4(12)10-11-5(13)6(7,8)9/h3,5,11,13H,1-2H3,(H,10,12). The Hall–Kier alpha value is -0.820. The molecular weight excluding hydrogens is 189 g/mol. The van der Waals surface area contributed by atoms with Crippen molar-refractivity contribution in [2.24, 2.45) is 5.92 Å². The summed E-state index contributed by atoms with van der Waals surface area (Å²) in [6.45, 7) is 3.02. The van der Waals surface area contributed by atoms with Gasteiger partial charge in [-0.15, -0.1) is 0 Å². The van der Waals surface area contributed by atoms with Crippen LogP contribution in [0.15, 0.2) is 0 Å². The van der Waals surface area contributed by atoms with Crippen molar-refractivity contribution >= 4 is 5.91 Å². The van der Waals surface area contributed by atoms with E-state index >= 15 is 0 Å². The Kier molecular flexibility index (Phi) is 4.15. The number of hydrogen-bond acceptors (Lipinski definition) is 3. The van der Waals surface area contributed by atoms with Gasteiger partial charge in [-0.3, -0.25) is 10.2 Å². The molecule has 13 heavy (non-hydrogen) atoms. The summed E-state index contributed by atoms with van der Waals surface area (Å²) in [6.07, 6.45) is -7.53. The second-order valence-electron chi connectivity index (χ2n) is 2.73. The van der Waals surface area contributed by atoms with Crippen LogP contribution in [-0.4, -0.2) is 23.4 Å². The lowest BCUT2D eigenvalue weighted by Gasteiger charge is -2.17. The second kappa shape index (κ2) is 4.43. The van der Waals surface area contributed by atoms with Crippen molar-refractivity contribution in [1.29, 1.82) is 0 Å². The quantitative estimate of drug-likeness (QED) is 0.448. The van der Waals surface area contributed by atoms with Gasteiger partial charge in [-0.05, 0) is 0 Å². The van der Waals surface area contributed by atoms with Gasteiger partial charge in [0.2, 0.25) is 12.1 Å². The van der Waals surface area contributed by atoms with Crippen LogP contribution in [0, 0.1) is 5.92 Å². The highest BCUT2D eigenvalue weighted by atomic mass is 19.4. The minimum Gasteiger partial charge on any atom is -0.369 e. The average Bonchev–Trinajstić information content (AvgIpc) is 1.97. The van der Waals surface area contributed by atoms with Crippen LogP contribution in [0.1, 0.15) is 13.8 Å². The molecule has 0 radical (unpaired) electrons. The smallest absolute Gasteiger partial charge is 0.369 e. The lowest BCUT2D eigenvalue weighted by molar-refractivity contribution is -0.216. The maximum absolute atomic E-state index is 11.6. The number of aliphatic hydroxyl groups is 1. The van der Waals surface area contributed by atoms with E-state index in [1.54, 1.807) is 5.43 Å². The van der Waals surface area contributed by atoms with Crippen molar-refractivity contribution in [2.75, 3.05) is 0 Å². The van der Waals surface area contributed by atoms with Gasteiger partial charge in [0.15, 0.2) is 0 Å². The summed E-state index contributed by atoms with van der Waals surface area (Å²) in [5.74, 6) is -1.07. The highest BCUT2D eigenvalue weighted by molar-refractivity contribution is 5.77. The van der Waals surface area contributed by atoms with Crippen molar-refractivity contribution in [2.45, 2.75) is 26.3 Å². The number of aliphatic hydroxyl groups excluding tert-OH is 1. The van der Waals surface area contributed by atoms with E-state index in [1.807, 2.05) is 0 Å². The number of hydrazine groups is 1. The molecule has 0 heterocycles. The van der Waals surface area contributed by atoms with E-state index in [0.717, 1.165) is 0 Å². The van der Waals surface area contributed by atoms with Gasteiger partial charge in [0, 0.05) is 5.92 Å². The first-order valence-electron chi connectivity index (χ1n) is 3.55. The zero-order valence-electron chi connectivity index (χ0n) is 7.14. The van der Waals surface area contributed by atoms with Crippen LogP contribution in [0.3, 0.4) is 0 Å². The molecule has 1 unspecified atom stereocenters. The molecule has 4 nitrogen and oxygen atoms in total. The third kappa shape index (κ3) is 4.69. The Balaban J connectivity index is 3.84. The van der Waals surface area contributed by atoms with Crippen molar-refractivity contribution in [3.8, 4) is 0 Å². The lowest BCUT2D eigenvalue weighted by Crippen LogP contribution is -2.52. The van der Waals surface area contributed by atoms with Crippen molar-refractivity contribution in [3.63, 3.8) is 0 Å². The summed E-state index contributed by atoms with van der Waals surface area (Å²) in [6, 6.07) is 0. The SMILES string of the molecule is CC(C)C(=O)NNC(O)C(F)(F)F. The molecule has 0 saturated heterocycles. The minimum absolute atomic E-state index is 0.451. The highest BCUT2D eigenvalue weighted by Crippen LogP contribution is 2.17. The molecule has 0 aromatic rings. The maximum atomic E-state index is 11.6. The molecular formula is C6H11F3N2O2. The monoisotopic (exact) mass is 200 g/mol. The first kappa shape index (κ1) is 12.2. The molecule has 7 heteroatoms. The fourth-order valence-corrected chi connectivity index (χ4v) is 0.366. The lowest BCUT2D eigenvalue weighted by atomic mass is 10.2. The van der Waals surface area contributed by atoms with Crippen molar-refractivity contribution in [1.82, 2.24) is 10.9 Å². The Morgan fingerprint density at radius 3 is 2.15 bits per heavy atom. The summed E-state index contributed by atoms with van der Waals surface area (Å²) in [7, 11) is 0. The fourth-order valence-electron chi connectivity index (χ4n) is 0.366. The van der Waals surface area contributed by atoms with Crippen molar-refractivity contribution in [3.05, 3.63) is 0 Å². The van der Waals surface area contributed by atoms with Crippen molar-refractivity contribution < 1.29 is 23.1 Å². The van der Waals surface area contributed by atoms with Crippen LogP contribution >= 0.6 is 0 Å². The molecule has 0 saturated carbocycles. The summed E-state index contributed by atoms with van der Waals surface area (Å²) in [5.41, 5.74) is 3.16. The first-order chi connectivity index (χ1) is 5.75. The summed E-state index contributed by atoms with van der Waals surface area (Å²) in [5, 5.41) is 8.37. The summed E-state index contributed by atoms with van der Waals surface area (Å²) < 4.78 is 34.9. The summed E-state index contributed by atoms with van der Waals surface area (Å²) >= 11 is 0. The zero-order valence-corrected chi connectivity index (χ0v) is 7.14. The number of halogens is 3. The van der Waals surface area contributed by atoms with Gasteiger partial charge >= 0.3 is 6.18 Å². The molecule has 78 valence electrons. The minimum atomic E-state index is -4.79. The molecule has 0 aromatic heterocycles. The Bertz CT molecular complexity index is 181. The first-order valence-corrected chi connectivity index (χ1v) is 3.55. The van der Waals surface area contributed by atoms with E-state index in [9.17, 15) is 18.0 Å². The van der Waals surface area contributed by atoms with E-state index in [-0.39, 0.29) is 0 Å². The molecule has 0 aliphatic heterocycles. The number of carbonyl (C=O) groups excluding carboxylic acids is 1. The third-order valence-electron chi connectivity index (χ3n) is 1.17. The van der Waals surface area contributed by atoms with E-state index in [2.05, 4.69) is 0 Å². The van der Waals surface area contributed by atoms with Gasteiger partial charge in [0.25, 0.3) is 0 Å². The van der Waals surface area contributed by atoms with Crippen LogP contribution in [0.2, 0.25) is 0 Å². The topological polar surface area (TPSA) is 61.4 Å². The number of amides is 1. The molecule has 1 amide bonds. The third-order valence-corrected chi connectivity index (χ3v) is 1.17. The van der Waals surface area contributed by atoms with Gasteiger partial charge in [0.05, 0.1) is 0 Å². The normalized spacial score (nSPS) is 14.4. The predicted molar refractivity (Wildman–Crippen MR) is 38.2 cm³/mol.